The third kappa shape index (κ3) is 4.72. The minimum atomic E-state index is -1.05. The number of benzene rings is 1. The van der Waals surface area contributed by atoms with Gasteiger partial charge < -0.3 is 10.4 Å². The zero-order chi connectivity index (χ0) is 15.1. The molecule has 1 atom stereocenters. The molecule has 1 heterocycles. The van der Waals surface area contributed by atoms with Crippen molar-refractivity contribution in [1.82, 2.24) is 20.3 Å². The third-order valence-electron chi connectivity index (χ3n) is 2.96. The number of nitrogens with one attached hydrogen (secondary N) is 1. The van der Waals surface area contributed by atoms with Crippen LogP contribution in [0, 0.1) is 0 Å². The number of carbonyl (C=O) groups excluding carboxylic acids is 1. The molecule has 0 fully saturated rings. The Bertz CT molecular complexity index is 584. The highest BCUT2D eigenvalue weighted by atomic mass is 16.4. The van der Waals surface area contributed by atoms with Crippen LogP contribution in [-0.4, -0.2) is 38.0 Å². The van der Waals surface area contributed by atoms with Gasteiger partial charge in [-0.25, -0.2) is 4.79 Å². The maximum absolute atomic E-state index is 11.8. The Kier molecular flexibility index (Phi) is 5.03. The van der Waals surface area contributed by atoms with Crippen LogP contribution in [0.25, 0.3) is 0 Å². The number of carboxylic acid groups (broad SMARTS) is 1. The molecule has 1 amide bonds. The normalized spacial score (nSPS) is 11.8. The first-order chi connectivity index (χ1) is 10.1. The van der Waals surface area contributed by atoms with Crippen LogP contribution in [-0.2, 0) is 22.6 Å². The zero-order valence-electron chi connectivity index (χ0n) is 11.3. The first kappa shape index (κ1) is 14.7. The minimum absolute atomic E-state index is 0.155. The quantitative estimate of drug-likeness (QED) is 0.772. The van der Waals surface area contributed by atoms with Crippen LogP contribution < -0.4 is 5.32 Å². The largest absolute Gasteiger partial charge is 0.480 e. The number of aliphatic carboxylic acids is 1. The standard InChI is InChI=1S/C14H16N4O3/c19-13(6-8-18-9-7-15-17-18)16-12(14(20)21)10-11-4-2-1-3-5-11/h1-5,7,9,12H,6,8,10H2,(H,16,19)(H,20,21)/t12-/m0/s1. The van der Waals surface area contributed by atoms with Crippen molar-refractivity contribution in [2.45, 2.75) is 25.4 Å². The molecule has 7 nitrogen and oxygen atoms in total. The van der Waals surface area contributed by atoms with Gasteiger partial charge in [-0.05, 0) is 5.56 Å². The topological polar surface area (TPSA) is 97.1 Å². The summed E-state index contributed by atoms with van der Waals surface area (Å²) in [5, 5.41) is 19.1. The van der Waals surface area contributed by atoms with Crippen molar-refractivity contribution in [2.24, 2.45) is 0 Å². The molecule has 0 aliphatic rings. The zero-order valence-corrected chi connectivity index (χ0v) is 11.3. The number of carbonyl (C=O) groups is 2. The second-order valence-corrected chi connectivity index (χ2v) is 4.56. The summed E-state index contributed by atoms with van der Waals surface area (Å²) in [5.74, 6) is -1.37. The van der Waals surface area contributed by atoms with E-state index in [2.05, 4.69) is 15.6 Å². The number of amides is 1. The van der Waals surface area contributed by atoms with E-state index in [1.807, 2.05) is 30.3 Å². The molecule has 0 bridgehead atoms. The van der Waals surface area contributed by atoms with E-state index in [1.54, 1.807) is 6.20 Å². The van der Waals surface area contributed by atoms with Gasteiger partial charge >= 0.3 is 5.97 Å². The monoisotopic (exact) mass is 288 g/mol. The Morgan fingerprint density at radius 1 is 1.29 bits per heavy atom. The first-order valence-electron chi connectivity index (χ1n) is 6.55. The molecule has 1 aromatic carbocycles. The van der Waals surface area contributed by atoms with Crippen molar-refractivity contribution in [1.29, 1.82) is 0 Å². The highest BCUT2D eigenvalue weighted by molar-refractivity contribution is 5.83. The number of nitrogens with zero attached hydrogens (tertiary/aromatic N) is 3. The summed E-state index contributed by atoms with van der Waals surface area (Å²) in [7, 11) is 0. The number of aryl methyl sites for hydroxylation is 1. The third-order valence-corrected chi connectivity index (χ3v) is 2.96. The van der Waals surface area contributed by atoms with Gasteiger partial charge in [-0.3, -0.25) is 9.48 Å². The van der Waals surface area contributed by atoms with Crippen molar-refractivity contribution in [3.8, 4) is 0 Å². The van der Waals surface area contributed by atoms with E-state index in [1.165, 1.54) is 10.9 Å². The van der Waals surface area contributed by atoms with E-state index in [9.17, 15) is 14.7 Å². The molecule has 2 rings (SSSR count). The summed E-state index contributed by atoms with van der Waals surface area (Å²) in [6.07, 6.45) is 3.58. The number of hydrogen-bond acceptors (Lipinski definition) is 4. The fourth-order valence-electron chi connectivity index (χ4n) is 1.88. The van der Waals surface area contributed by atoms with E-state index in [4.69, 9.17) is 0 Å². The van der Waals surface area contributed by atoms with Crippen molar-refractivity contribution in [2.75, 3.05) is 0 Å². The van der Waals surface area contributed by atoms with E-state index >= 15 is 0 Å². The first-order valence-corrected chi connectivity index (χ1v) is 6.55. The van der Waals surface area contributed by atoms with Gasteiger partial charge in [0, 0.05) is 19.0 Å². The molecule has 0 aliphatic carbocycles. The van der Waals surface area contributed by atoms with Crippen molar-refractivity contribution >= 4 is 11.9 Å². The van der Waals surface area contributed by atoms with Crippen LogP contribution in [0.4, 0.5) is 0 Å². The number of rotatable bonds is 7. The fraction of sp³-hybridized carbons (Fsp3) is 0.286. The SMILES string of the molecule is O=C(CCn1ccnn1)N[C@@H](Cc1ccccc1)C(=O)O. The van der Waals surface area contributed by atoms with Gasteiger partial charge in [0.25, 0.3) is 0 Å². The summed E-state index contributed by atoms with van der Waals surface area (Å²) in [6.45, 7) is 0.365. The van der Waals surface area contributed by atoms with Crippen molar-refractivity contribution < 1.29 is 14.7 Å². The molecular formula is C14H16N4O3. The molecule has 0 saturated carbocycles. The second-order valence-electron chi connectivity index (χ2n) is 4.56. The molecule has 7 heteroatoms. The predicted octanol–water partition coefficient (Wildman–Crippen LogP) is 0.480. The van der Waals surface area contributed by atoms with Gasteiger partial charge in [-0.1, -0.05) is 35.5 Å². The summed E-state index contributed by atoms with van der Waals surface area (Å²) in [5.41, 5.74) is 0.862. The van der Waals surface area contributed by atoms with Crippen molar-refractivity contribution in [3.63, 3.8) is 0 Å². The Balaban J connectivity index is 1.87. The summed E-state index contributed by atoms with van der Waals surface area (Å²) >= 11 is 0. The second kappa shape index (κ2) is 7.18. The molecule has 0 radical (unpaired) electrons. The molecule has 0 aliphatic heterocycles. The maximum Gasteiger partial charge on any atom is 0.326 e. The highest BCUT2D eigenvalue weighted by Gasteiger charge is 2.20. The van der Waals surface area contributed by atoms with Gasteiger partial charge in [-0.2, -0.15) is 0 Å². The van der Waals surface area contributed by atoms with Gasteiger partial charge in [0.05, 0.1) is 12.7 Å². The van der Waals surface area contributed by atoms with Crippen molar-refractivity contribution in [3.05, 3.63) is 48.3 Å². The summed E-state index contributed by atoms with van der Waals surface area (Å²) in [4.78, 5) is 23.0. The summed E-state index contributed by atoms with van der Waals surface area (Å²) < 4.78 is 1.52. The van der Waals surface area contributed by atoms with Crippen LogP contribution in [0.3, 0.4) is 0 Å². The average Bonchev–Trinajstić information content (AvgIpc) is 2.99. The molecule has 0 spiro atoms. The molecule has 110 valence electrons. The van der Waals surface area contributed by atoms with E-state index in [0.29, 0.717) is 6.54 Å². The van der Waals surface area contributed by atoms with Gasteiger partial charge in [0.15, 0.2) is 0 Å². The van der Waals surface area contributed by atoms with Crippen LogP contribution in [0.15, 0.2) is 42.7 Å². The number of carboxylic acids is 1. The smallest absolute Gasteiger partial charge is 0.326 e. The molecule has 0 unspecified atom stereocenters. The van der Waals surface area contributed by atoms with E-state index < -0.39 is 12.0 Å². The molecular weight excluding hydrogens is 272 g/mol. The van der Waals surface area contributed by atoms with E-state index in [-0.39, 0.29) is 18.7 Å². The lowest BCUT2D eigenvalue weighted by atomic mass is 10.1. The molecule has 2 aromatic rings. The average molecular weight is 288 g/mol. The Hall–Kier alpha value is -2.70. The lowest BCUT2D eigenvalue weighted by Crippen LogP contribution is -2.42. The van der Waals surface area contributed by atoms with Crippen LogP contribution in [0.2, 0.25) is 0 Å². The van der Waals surface area contributed by atoms with Crippen LogP contribution >= 0.6 is 0 Å². The molecule has 2 N–H and O–H groups in total. The van der Waals surface area contributed by atoms with Crippen LogP contribution in [0.5, 0.6) is 0 Å². The van der Waals surface area contributed by atoms with Gasteiger partial charge in [0.1, 0.15) is 6.04 Å². The summed E-state index contributed by atoms with van der Waals surface area (Å²) in [6, 6.07) is 8.25. The lowest BCUT2D eigenvalue weighted by Gasteiger charge is -2.14. The minimum Gasteiger partial charge on any atom is -0.480 e. The Morgan fingerprint density at radius 2 is 2.05 bits per heavy atom. The molecule has 21 heavy (non-hydrogen) atoms. The molecule has 0 saturated heterocycles. The number of hydrogen-bond donors (Lipinski definition) is 2. The highest BCUT2D eigenvalue weighted by Crippen LogP contribution is 2.04. The van der Waals surface area contributed by atoms with E-state index in [0.717, 1.165) is 5.56 Å². The van der Waals surface area contributed by atoms with Crippen LogP contribution in [0.1, 0.15) is 12.0 Å². The predicted molar refractivity (Wildman–Crippen MR) is 74.4 cm³/mol. The molecule has 1 aromatic heterocycles. The maximum atomic E-state index is 11.8. The number of aromatic nitrogens is 3. The van der Waals surface area contributed by atoms with Gasteiger partial charge in [-0.15, -0.1) is 5.10 Å². The van der Waals surface area contributed by atoms with Gasteiger partial charge in [0.2, 0.25) is 5.91 Å². The Labute approximate surface area is 121 Å². The lowest BCUT2D eigenvalue weighted by molar-refractivity contribution is -0.141. The fourth-order valence-corrected chi connectivity index (χ4v) is 1.88. The Morgan fingerprint density at radius 3 is 2.67 bits per heavy atom.